The van der Waals surface area contributed by atoms with Gasteiger partial charge in [-0.1, -0.05) is 11.8 Å². The van der Waals surface area contributed by atoms with Crippen molar-refractivity contribution in [2.45, 2.75) is 16.2 Å². The average Bonchev–Trinajstić information content (AvgIpc) is 2.67. The molecule has 1 N–H and O–H groups in total. The van der Waals surface area contributed by atoms with Gasteiger partial charge < -0.3 is 5.11 Å². The predicted octanol–water partition coefficient (Wildman–Crippen LogP) is 4.06. The Kier molecular flexibility index (Phi) is 3.86. The lowest BCUT2D eigenvalue weighted by atomic mass is 10.2. The smallest absolute Gasteiger partial charge is 0.335 e. The van der Waals surface area contributed by atoms with E-state index in [1.165, 1.54) is 11.8 Å². The first-order valence-corrected chi connectivity index (χ1v) is 7.18. The van der Waals surface area contributed by atoms with Gasteiger partial charge in [-0.3, -0.25) is 0 Å². The van der Waals surface area contributed by atoms with Crippen LogP contribution in [0.4, 0.5) is 0 Å². The number of hydrogen-bond acceptors (Lipinski definition) is 4. The van der Waals surface area contributed by atoms with E-state index in [1.807, 2.05) is 12.3 Å². The molecular weight excluding hydrogens is 322 g/mol. The summed E-state index contributed by atoms with van der Waals surface area (Å²) in [7, 11) is 0. The lowest BCUT2D eigenvalue weighted by Gasteiger charge is -2.02. The Balaban J connectivity index is 2.25. The molecule has 0 radical (unpaired) electrons. The van der Waals surface area contributed by atoms with Crippen LogP contribution in [0.5, 0.6) is 0 Å². The van der Waals surface area contributed by atoms with Crippen molar-refractivity contribution >= 4 is 45.0 Å². The van der Waals surface area contributed by atoms with Crippen LogP contribution in [0.2, 0.25) is 0 Å². The van der Waals surface area contributed by atoms with Crippen LogP contribution in [0.1, 0.15) is 16.1 Å². The number of carboxylic acids is 1. The molecule has 3 nitrogen and oxygen atoms in total. The number of aromatic nitrogens is 1. The molecule has 1 heterocycles. The number of benzene rings is 1. The number of thiazole rings is 1. The third kappa shape index (κ3) is 3.08. The van der Waals surface area contributed by atoms with E-state index in [9.17, 15) is 4.79 Å². The zero-order valence-electron chi connectivity index (χ0n) is 8.81. The van der Waals surface area contributed by atoms with Gasteiger partial charge in [0.05, 0.1) is 5.56 Å². The molecule has 0 saturated heterocycles. The number of carboxylic acid groups (broad SMARTS) is 1. The van der Waals surface area contributed by atoms with Crippen molar-refractivity contribution in [2.24, 2.45) is 0 Å². The molecule has 0 unspecified atom stereocenters. The summed E-state index contributed by atoms with van der Waals surface area (Å²) in [5, 5.41) is 10.8. The van der Waals surface area contributed by atoms with Crippen molar-refractivity contribution in [3.63, 3.8) is 0 Å². The van der Waals surface area contributed by atoms with Crippen molar-refractivity contribution in [3.05, 3.63) is 39.3 Å². The van der Waals surface area contributed by atoms with E-state index in [2.05, 4.69) is 20.9 Å². The molecule has 6 heteroatoms. The molecule has 0 atom stereocenters. The van der Waals surface area contributed by atoms with Crippen LogP contribution in [-0.2, 0) is 0 Å². The van der Waals surface area contributed by atoms with E-state index in [0.29, 0.717) is 0 Å². The highest BCUT2D eigenvalue weighted by molar-refractivity contribution is 9.10. The number of halogens is 1. The van der Waals surface area contributed by atoms with Gasteiger partial charge in [-0.25, -0.2) is 9.78 Å². The van der Waals surface area contributed by atoms with Gasteiger partial charge in [0.1, 0.15) is 0 Å². The van der Waals surface area contributed by atoms with E-state index < -0.39 is 5.97 Å². The quantitative estimate of drug-likeness (QED) is 0.922. The molecule has 0 spiro atoms. The number of carbonyl (C=O) groups is 1. The highest BCUT2D eigenvalue weighted by atomic mass is 79.9. The summed E-state index contributed by atoms with van der Waals surface area (Å²) in [5.74, 6) is -0.924. The molecule has 2 rings (SSSR count). The number of rotatable bonds is 3. The zero-order valence-corrected chi connectivity index (χ0v) is 12.0. The normalized spacial score (nSPS) is 10.5. The van der Waals surface area contributed by atoms with Crippen LogP contribution >= 0.6 is 39.0 Å². The van der Waals surface area contributed by atoms with E-state index in [1.54, 1.807) is 29.5 Å². The maximum atomic E-state index is 10.8. The molecule has 17 heavy (non-hydrogen) atoms. The third-order valence-corrected chi connectivity index (χ3v) is 5.02. The Hall–Kier alpha value is -0.850. The predicted molar refractivity (Wildman–Crippen MR) is 72.1 cm³/mol. The van der Waals surface area contributed by atoms with Crippen LogP contribution in [0.15, 0.2) is 37.3 Å². The molecule has 0 aliphatic heterocycles. The van der Waals surface area contributed by atoms with Crippen LogP contribution in [0.3, 0.4) is 0 Å². The second kappa shape index (κ2) is 5.20. The highest BCUT2D eigenvalue weighted by Gasteiger charge is 2.09. The molecular formula is C11H8BrNO2S2. The van der Waals surface area contributed by atoms with Gasteiger partial charge in [0.25, 0.3) is 0 Å². The highest BCUT2D eigenvalue weighted by Crippen LogP contribution is 2.35. The fourth-order valence-electron chi connectivity index (χ4n) is 1.19. The largest absolute Gasteiger partial charge is 0.478 e. The van der Waals surface area contributed by atoms with Crippen LogP contribution in [0.25, 0.3) is 0 Å². The summed E-state index contributed by atoms with van der Waals surface area (Å²) in [6, 6.07) is 4.98. The second-order valence-electron chi connectivity index (χ2n) is 3.31. The molecule has 0 saturated carbocycles. The molecule has 1 aromatic heterocycles. The van der Waals surface area contributed by atoms with E-state index in [0.717, 1.165) is 19.4 Å². The van der Waals surface area contributed by atoms with Gasteiger partial charge in [0, 0.05) is 20.4 Å². The number of hydrogen-bond donors (Lipinski definition) is 1. The number of aryl methyl sites for hydroxylation is 1. The first-order chi connectivity index (χ1) is 8.06. The summed E-state index contributed by atoms with van der Waals surface area (Å²) in [6.07, 6.45) is 0. The second-order valence-corrected chi connectivity index (χ2v) is 6.31. The Morgan fingerprint density at radius 3 is 2.82 bits per heavy atom. The standard InChI is InChI=1S/C11H8BrNO2S2/c1-6-5-16-11(13-6)17-9-3-2-7(10(14)15)4-8(9)12/h2-5H,1H3,(H,14,15). The zero-order chi connectivity index (χ0) is 12.4. The topological polar surface area (TPSA) is 50.2 Å². The third-order valence-electron chi connectivity index (χ3n) is 1.97. The minimum absolute atomic E-state index is 0.275. The van der Waals surface area contributed by atoms with Crippen molar-refractivity contribution in [1.82, 2.24) is 4.98 Å². The molecule has 0 amide bonds. The van der Waals surface area contributed by atoms with Crippen molar-refractivity contribution in [1.29, 1.82) is 0 Å². The first-order valence-electron chi connectivity index (χ1n) is 4.69. The van der Waals surface area contributed by atoms with E-state index in [-0.39, 0.29) is 5.56 Å². The fraction of sp³-hybridized carbons (Fsp3) is 0.0909. The average molecular weight is 330 g/mol. The molecule has 1 aromatic carbocycles. The molecule has 0 aliphatic rings. The summed E-state index contributed by atoms with van der Waals surface area (Å²) < 4.78 is 1.72. The Morgan fingerprint density at radius 1 is 1.53 bits per heavy atom. The van der Waals surface area contributed by atoms with Crippen molar-refractivity contribution in [2.75, 3.05) is 0 Å². The molecule has 2 aromatic rings. The molecule has 0 fully saturated rings. The van der Waals surface area contributed by atoms with Gasteiger partial charge in [-0.2, -0.15) is 0 Å². The summed E-state index contributed by atoms with van der Waals surface area (Å²) in [6.45, 7) is 1.95. The minimum atomic E-state index is -0.924. The summed E-state index contributed by atoms with van der Waals surface area (Å²) in [4.78, 5) is 16.1. The Labute approximate surface area is 115 Å². The van der Waals surface area contributed by atoms with Crippen molar-refractivity contribution in [3.8, 4) is 0 Å². The summed E-state index contributed by atoms with van der Waals surface area (Å²) >= 11 is 6.47. The minimum Gasteiger partial charge on any atom is -0.478 e. The van der Waals surface area contributed by atoms with Crippen molar-refractivity contribution < 1.29 is 9.90 Å². The first kappa shape index (κ1) is 12.6. The van der Waals surface area contributed by atoms with Gasteiger partial charge in [-0.15, -0.1) is 11.3 Å². The van der Waals surface area contributed by atoms with Gasteiger partial charge >= 0.3 is 5.97 Å². The van der Waals surface area contributed by atoms with Crippen LogP contribution < -0.4 is 0 Å². The summed E-state index contributed by atoms with van der Waals surface area (Å²) in [5.41, 5.74) is 1.27. The van der Waals surface area contributed by atoms with E-state index in [4.69, 9.17) is 5.11 Å². The Bertz CT molecular complexity index is 568. The maximum absolute atomic E-state index is 10.8. The van der Waals surface area contributed by atoms with Gasteiger partial charge in [0.2, 0.25) is 0 Å². The number of nitrogens with zero attached hydrogens (tertiary/aromatic N) is 1. The van der Waals surface area contributed by atoms with Gasteiger partial charge in [-0.05, 0) is 41.1 Å². The van der Waals surface area contributed by atoms with Crippen LogP contribution in [0, 0.1) is 6.92 Å². The monoisotopic (exact) mass is 329 g/mol. The SMILES string of the molecule is Cc1csc(Sc2ccc(C(=O)O)cc2Br)n1. The van der Waals surface area contributed by atoms with Gasteiger partial charge in [0.15, 0.2) is 4.34 Å². The van der Waals surface area contributed by atoms with Crippen LogP contribution in [-0.4, -0.2) is 16.1 Å². The molecule has 0 aliphatic carbocycles. The molecule has 88 valence electrons. The van der Waals surface area contributed by atoms with E-state index >= 15 is 0 Å². The molecule has 0 bridgehead atoms. The lowest BCUT2D eigenvalue weighted by molar-refractivity contribution is 0.0696. The number of aromatic carboxylic acids is 1. The lowest BCUT2D eigenvalue weighted by Crippen LogP contribution is -1.95. The Morgan fingerprint density at radius 2 is 2.29 bits per heavy atom. The fourth-order valence-corrected chi connectivity index (χ4v) is 3.61. The maximum Gasteiger partial charge on any atom is 0.335 e.